The van der Waals surface area contributed by atoms with E-state index >= 15 is 0 Å². The molecule has 0 rings (SSSR count). The molecule has 0 bridgehead atoms. The molecule has 0 N–H and O–H groups in total. The van der Waals surface area contributed by atoms with Crippen LogP contribution in [0.1, 0.15) is 52.4 Å². The maximum absolute atomic E-state index is 3.75. The number of hydrogen-bond acceptors (Lipinski definition) is 0. The first kappa shape index (κ1) is 16.7. The van der Waals surface area contributed by atoms with Crippen LogP contribution in [0.5, 0.6) is 0 Å². The SMILES string of the molecule is C=CCCC=CC=C(C)CCC=C(C)CCC=C. The van der Waals surface area contributed by atoms with E-state index in [0.717, 1.165) is 38.5 Å². The van der Waals surface area contributed by atoms with Crippen LogP contribution in [0.25, 0.3) is 0 Å². The number of rotatable bonds is 10. The summed E-state index contributed by atoms with van der Waals surface area (Å²) in [6.07, 6.45) is 19.6. The fraction of sp³-hybridized carbons (Fsp3) is 0.444. The second-order valence-corrected chi connectivity index (χ2v) is 4.72. The lowest BCUT2D eigenvalue weighted by Crippen LogP contribution is -1.79. The Bertz CT molecular complexity index is 313. The van der Waals surface area contributed by atoms with Crippen molar-refractivity contribution in [3.05, 3.63) is 60.8 Å². The first-order chi connectivity index (χ1) is 8.70. The molecule has 0 aliphatic rings. The van der Waals surface area contributed by atoms with Gasteiger partial charge in [-0.05, 0) is 52.4 Å². The molecular formula is C18H28. The Morgan fingerprint density at radius 1 is 0.833 bits per heavy atom. The van der Waals surface area contributed by atoms with Crippen LogP contribution in [0, 0.1) is 0 Å². The third kappa shape index (κ3) is 11.2. The van der Waals surface area contributed by atoms with Gasteiger partial charge in [-0.2, -0.15) is 0 Å². The molecule has 0 aliphatic heterocycles. The van der Waals surface area contributed by atoms with Crippen molar-refractivity contribution in [1.82, 2.24) is 0 Å². The minimum Gasteiger partial charge on any atom is -0.103 e. The van der Waals surface area contributed by atoms with Crippen LogP contribution in [0.15, 0.2) is 60.8 Å². The molecule has 0 aliphatic carbocycles. The summed E-state index contributed by atoms with van der Waals surface area (Å²) in [7, 11) is 0. The largest absolute Gasteiger partial charge is 0.103 e. The predicted octanol–water partition coefficient (Wildman–Crippen LogP) is 6.15. The molecule has 0 amide bonds. The maximum atomic E-state index is 3.75. The van der Waals surface area contributed by atoms with Crippen molar-refractivity contribution >= 4 is 0 Å². The van der Waals surface area contributed by atoms with Crippen molar-refractivity contribution in [3.8, 4) is 0 Å². The number of unbranched alkanes of at least 4 members (excludes halogenated alkanes) is 1. The van der Waals surface area contributed by atoms with E-state index in [1.54, 1.807) is 0 Å². The topological polar surface area (TPSA) is 0 Å². The summed E-state index contributed by atoms with van der Waals surface area (Å²) in [5, 5.41) is 0. The molecule has 0 saturated carbocycles. The fourth-order valence-electron chi connectivity index (χ4n) is 1.60. The first-order valence-corrected chi connectivity index (χ1v) is 6.90. The Morgan fingerprint density at radius 3 is 2.17 bits per heavy atom. The summed E-state index contributed by atoms with van der Waals surface area (Å²) < 4.78 is 0. The Balaban J connectivity index is 3.83. The van der Waals surface area contributed by atoms with Gasteiger partial charge in [0.1, 0.15) is 0 Å². The van der Waals surface area contributed by atoms with Crippen molar-refractivity contribution in [1.29, 1.82) is 0 Å². The van der Waals surface area contributed by atoms with Crippen LogP contribution in [0.4, 0.5) is 0 Å². The second-order valence-electron chi connectivity index (χ2n) is 4.72. The minimum absolute atomic E-state index is 1.06. The summed E-state index contributed by atoms with van der Waals surface area (Å²) in [5.41, 5.74) is 2.92. The zero-order valence-electron chi connectivity index (χ0n) is 12.1. The van der Waals surface area contributed by atoms with E-state index in [1.165, 1.54) is 11.1 Å². The molecule has 0 heteroatoms. The van der Waals surface area contributed by atoms with Crippen molar-refractivity contribution in [3.63, 3.8) is 0 Å². The van der Waals surface area contributed by atoms with E-state index in [-0.39, 0.29) is 0 Å². The molecule has 0 atom stereocenters. The summed E-state index contributed by atoms with van der Waals surface area (Å²) in [4.78, 5) is 0. The zero-order valence-corrected chi connectivity index (χ0v) is 12.1. The zero-order chi connectivity index (χ0) is 13.6. The normalized spacial score (nSPS) is 13.0. The Kier molecular flexibility index (Phi) is 11.3. The van der Waals surface area contributed by atoms with Crippen molar-refractivity contribution in [2.45, 2.75) is 52.4 Å². The van der Waals surface area contributed by atoms with Crippen LogP contribution in [0.2, 0.25) is 0 Å². The van der Waals surface area contributed by atoms with Gasteiger partial charge in [-0.25, -0.2) is 0 Å². The molecule has 100 valence electrons. The summed E-state index contributed by atoms with van der Waals surface area (Å²) in [5.74, 6) is 0. The average Bonchev–Trinajstić information content (AvgIpc) is 2.36. The van der Waals surface area contributed by atoms with Gasteiger partial charge in [0.15, 0.2) is 0 Å². The van der Waals surface area contributed by atoms with Gasteiger partial charge in [0.05, 0.1) is 0 Å². The number of allylic oxidation sites excluding steroid dienone is 8. The lowest BCUT2D eigenvalue weighted by Gasteiger charge is -1.99. The van der Waals surface area contributed by atoms with E-state index in [9.17, 15) is 0 Å². The smallest absolute Gasteiger partial charge is 0.0285 e. The van der Waals surface area contributed by atoms with E-state index in [1.807, 2.05) is 12.2 Å². The van der Waals surface area contributed by atoms with Gasteiger partial charge in [-0.3, -0.25) is 0 Å². The van der Waals surface area contributed by atoms with E-state index in [4.69, 9.17) is 0 Å². The van der Waals surface area contributed by atoms with Crippen molar-refractivity contribution in [2.24, 2.45) is 0 Å². The van der Waals surface area contributed by atoms with Crippen molar-refractivity contribution in [2.75, 3.05) is 0 Å². The molecule has 0 saturated heterocycles. The first-order valence-electron chi connectivity index (χ1n) is 6.90. The standard InChI is InChI=1S/C18H28/c1-5-7-9-10-11-14-18(4)16-12-15-17(3)13-8-6-2/h5-6,10-11,14-15H,1-2,7-9,12-13,16H2,3-4H3. The molecule has 18 heavy (non-hydrogen) atoms. The van der Waals surface area contributed by atoms with Gasteiger partial charge in [-0.1, -0.05) is 47.6 Å². The minimum atomic E-state index is 1.06. The molecule has 0 unspecified atom stereocenters. The molecule has 0 radical (unpaired) electrons. The molecule has 0 aromatic rings. The molecule has 0 nitrogen and oxygen atoms in total. The third-order valence-electron chi connectivity index (χ3n) is 2.83. The highest BCUT2D eigenvalue weighted by atomic mass is 14.0. The summed E-state index contributed by atoms with van der Waals surface area (Å²) >= 11 is 0. The Morgan fingerprint density at radius 2 is 1.50 bits per heavy atom. The van der Waals surface area contributed by atoms with Gasteiger partial charge in [0.2, 0.25) is 0 Å². The quantitative estimate of drug-likeness (QED) is 0.246. The molecule has 0 spiro atoms. The molecular weight excluding hydrogens is 216 g/mol. The highest BCUT2D eigenvalue weighted by Gasteiger charge is 1.90. The molecule has 0 heterocycles. The van der Waals surface area contributed by atoms with Crippen molar-refractivity contribution < 1.29 is 0 Å². The average molecular weight is 244 g/mol. The molecule has 0 aromatic carbocycles. The van der Waals surface area contributed by atoms with E-state index < -0.39 is 0 Å². The van der Waals surface area contributed by atoms with Gasteiger partial charge in [0, 0.05) is 0 Å². The van der Waals surface area contributed by atoms with Gasteiger partial charge < -0.3 is 0 Å². The summed E-state index contributed by atoms with van der Waals surface area (Å²) in [6, 6.07) is 0. The van der Waals surface area contributed by atoms with Crippen LogP contribution >= 0.6 is 0 Å². The van der Waals surface area contributed by atoms with Gasteiger partial charge in [-0.15, -0.1) is 13.2 Å². The highest BCUT2D eigenvalue weighted by Crippen LogP contribution is 2.10. The van der Waals surface area contributed by atoms with E-state index in [2.05, 4.69) is 51.3 Å². The number of hydrogen-bond donors (Lipinski definition) is 0. The summed E-state index contributed by atoms with van der Waals surface area (Å²) in [6.45, 7) is 11.9. The molecule has 0 aromatic heterocycles. The highest BCUT2D eigenvalue weighted by molar-refractivity contribution is 5.12. The lowest BCUT2D eigenvalue weighted by atomic mass is 10.1. The van der Waals surface area contributed by atoms with Crippen LogP contribution < -0.4 is 0 Å². The predicted molar refractivity (Wildman–Crippen MR) is 84.8 cm³/mol. The third-order valence-corrected chi connectivity index (χ3v) is 2.83. The lowest BCUT2D eigenvalue weighted by molar-refractivity contribution is 0.923. The molecule has 0 fully saturated rings. The maximum Gasteiger partial charge on any atom is -0.0285 e. The van der Waals surface area contributed by atoms with Crippen LogP contribution in [0.3, 0.4) is 0 Å². The van der Waals surface area contributed by atoms with Gasteiger partial charge in [0.25, 0.3) is 0 Å². The Labute approximate surface area is 113 Å². The Hall–Kier alpha value is -1.30. The van der Waals surface area contributed by atoms with E-state index in [0.29, 0.717) is 0 Å². The second kappa shape index (κ2) is 12.2. The fourth-order valence-corrected chi connectivity index (χ4v) is 1.60. The van der Waals surface area contributed by atoms with Gasteiger partial charge >= 0.3 is 0 Å². The van der Waals surface area contributed by atoms with Crippen LogP contribution in [-0.4, -0.2) is 0 Å². The monoisotopic (exact) mass is 244 g/mol. The van der Waals surface area contributed by atoms with Crippen LogP contribution in [-0.2, 0) is 0 Å².